The summed E-state index contributed by atoms with van der Waals surface area (Å²) in [6.45, 7) is 17.2. The molecule has 1 aromatic carbocycles. The fraction of sp³-hybridized carbons (Fsp3) is 0.677. The average molecular weight is 463 g/mol. The Morgan fingerprint density at radius 3 is 2.27 bits per heavy atom. The molecule has 5 rings (SSSR count). The van der Waals surface area contributed by atoms with Gasteiger partial charge in [-0.1, -0.05) is 82.7 Å². The number of fused-ring (bicyclic) bond motifs is 5. The van der Waals surface area contributed by atoms with Crippen LogP contribution in [0.4, 0.5) is 0 Å². The van der Waals surface area contributed by atoms with Crippen LogP contribution in [0.5, 0.6) is 0 Å². The van der Waals surface area contributed by atoms with Crippen LogP contribution in [-0.2, 0) is 4.43 Å². The Morgan fingerprint density at radius 2 is 1.58 bits per heavy atom. The van der Waals surface area contributed by atoms with Crippen molar-refractivity contribution in [1.29, 1.82) is 0 Å². The molecule has 2 heteroatoms. The molecule has 1 aromatic rings. The molecule has 4 aliphatic carbocycles. The maximum atomic E-state index is 6.91. The molecule has 0 radical (unpaired) electrons. The first-order valence-electron chi connectivity index (χ1n) is 13.6. The van der Waals surface area contributed by atoms with Gasteiger partial charge in [0.2, 0.25) is 0 Å². The molecule has 4 aliphatic rings. The number of benzene rings is 1. The topological polar surface area (TPSA) is 9.23 Å². The summed E-state index contributed by atoms with van der Waals surface area (Å²) in [6.07, 6.45) is 14.8. The molecular formula is C31H46OSi. The zero-order valence-electron chi connectivity index (χ0n) is 22.2. The highest BCUT2D eigenvalue weighted by Crippen LogP contribution is 2.66. The van der Waals surface area contributed by atoms with Crippen molar-refractivity contribution in [1.82, 2.24) is 0 Å². The number of hydrogen-bond acceptors (Lipinski definition) is 1. The van der Waals surface area contributed by atoms with Crippen molar-refractivity contribution in [2.45, 2.75) is 104 Å². The van der Waals surface area contributed by atoms with Gasteiger partial charge in [0.15, 0.2) is 8.32 Å². The lowest BCUT2D eigenvalue weighted by Crippen LogP contribution is -2.51. The molecule has 0 saturated heterocycles. The van der Waals surface area contributed by atoms with Gasteiger partial charge in [0.05, 0.1) is 0 Å². The van der Waals surface area contributed by atoms with Gasteiger partial charge in [-0.05, 0) is 103 Å². The molecule has 0 spiro atoms. The van der Waals surface area contributed by atoms with Gasteiger partial charge >= 0.3 is 0 Å². The van der Waals surface area contributed by atoms with E-state index in [9.17, 15) is 0 Å². The van der Waals surface area contributed by atoms with Gasteiger partial charge in [0.25, 0.3) is 0 Å². The Balaban J connectivity index is 1.36. The standard InChI is InChI=1S/C31H46OSi/c1-29(2,3)33(6,7)32-24-17-19-30(4)23(21-24)13-14-25-27-16-15-26(22-11-9-8-10-12-22)31(27,5)20-18-28(25)30/h8-13,15,24-25,27-28H,14,16-21H2,1-7H3/t24-,25-,27-,28-,30-,31+/m0/s1. The van der Waals surface area contributed by atoms with Crippen molar-refractivity contribution in [3.8, 4) is 0 Å². The van der Waals surface area contributed by atoms with Gasteiger partial charge in [-0.25, -0.2) is 0 Å². The van der Waals surface area contributed by atoms with Crippen LogP contribution >= 0.6 is 0 Å². The first-order chi connectivity index (χ1) is 15.5. The van der Waals surface area contributed by atoms with Crippen LogP contribution in [0.2, 0.25) is 18.1 Å². The lowest BCUT2D eigenvalue weighted by atomic mass is 9.47. The van der Waals surface area contributed by atoms with Gasteiger partial charge in [-0.2, -0.15) is 0 Å². The zero-order valence-corrected chi connectivity index (χ0v) is 23.2. The van der Waals surface area contributed by atoms with Crippen molar-refractivity contribution in [2.24, 2.45) is 28.6 Å². The van der Waals surface area contributed by atoms with Crippen LogP contribution in [0.25, 0.3) is 5.57 Å². The second kappa shape index (κ2) is 7.95. The molecule has 33 heavy (non-hydrogen) atoms. The van der Waals surface area contributed by atoms with E-state index >= 15 is 0 Å². The highest BCUT2D eigenvalue weighted by atomic mass is 28.4. The zero-order chi connectivity index (χ0) is 23.6. The summed E-state index contributed by atoms with van der Waals surface area (Å²) in [6, 6.07) is 11.2. The van der Waals surface area contributed by atoms with E-state index in [1.54, 1.807) is 11.1 Å². The second-order valence-corrected chi connectivity index (χ2v) is 18.4. The van der Waals surface area contributed by atoms with Crippen LogP contribution in [0.3, 0.4) is 0 Å². The third kappa shape index (κ3) is 3.75. The molecule has 0 unspecified atom stereocenters. The maximum absolute atomic E-state index is 6.91. The number of rotatable bonds is 3. The Hall–Kier alpha value is -1.12. The van der Waals surface area contributed by atoms with Gasteiger partial charge in [-0.3, -0.25) is 0 Å². The molecule has 0 aliphatic heterocycles. The van der Waals surface area contributed by atoms with E-state index in [2.05, 4.69) is 90.2 Å². The molecule has 180 valence electrons. The van der Waals surface area contributed by atoms with Crippen LogP contribution < -0.4 is 0 Å². The van der Waals surface area contributed by atoms with Crippen LogP contribution in [0, 0.1) is 28.6 Å². The van der Waals surface area contributed by atoms with Crippen LogP contribution in [0.15, 0.2) is 48.1 Å². The highest BCUT2D eigenvalue weighted by Gasteiger charge is 2.57. The minimum Gasteiger partial charge on any atom is -0.414 e. The fourth-order valence-corrected chi connectivity index (χ4v) is 9.34. The predicted molar refractivity (Wildman–Crippen MR) is 144 cm³/mol. The predicted octanol–water partition coefficient (Wildman–Crippen LogP) is 9.03. The summed E-state index contributed by atoms with van der Waals surface area (Å²) in [5.41, 5.74) is 5.59. The van der Waals surface area contributed by atoms with E-state index in [1.807, 2.05) is 0 Å². The fourth-order valence-electron chi connectivity index (χ4n) is 7.95. The van der Waals surface area contributed by atoms with Crippen LogP contribution in [0.1, 0.15) is 85.1 Å². The highest BCUT2D eigenvalue weighted by molar-refractivity contribution is 6.74. The Kier molecular flexibility index (Phi) is 5.69. The molecule has 0 bridgehead atoms. The van der Waals surface area contributed by atoms with Crippen molar-refractivity contribution in [3.63, 3.8) is 0 Å². The minimum atomic E-state index is -1.71. The lowest BCUT2D eigenvalue weighted by molar-refractivity contribution is -0.0223. The molecule has 0 aromatic heterocycles. The van der Waals surface area contributed by atoms with E-state index in [1.165, 1.54) is 50.5 Å². The van der Waals surface area contributed by atoms with E-state index in [0.717, 1.165) is 17.8 Å². The average Bonchev–Trinajstić information content (AvgIpc) is 3.11. The van der Waals surface area contributed by atoms with E-state index in [0.29, 0.717) is 22.0 Å². The van der Waals surface area contributed by atoms with E-state index in [4.69, 9.17) is 4.43 Å². The minimum absolute atomic E-state index is 0.291. The first kappa shape index (κ1) is 23.6. The van der Waals surface area contributed by atoms with Crippen LogP contribution in [-0.4, -0.2) is 14.4 Å². The smallest absolute Gasteiger partial charge is 0.192 e. The third-order valence-corrected chi connectivity index (χ3v) is 15.5. The summed E-state index contributed by atoms with van der Waals surface area (Å²) in [5, 5.41) is 0.291. The summed E-state index contributed by atoms with van der Waals surface area (Å²) < 4.78 is 6.91. The first-order valence-corrected chi connectivity index (χ1v) is 16.5. The van der Waals surface area contributed by atoms with Crippen molar-refractivity contribution in [3.05, 3.63) is 53.6 Å². The summed E-state index contributed by atoms with van der Waals surface area (Å²) >= 11 is 0. The quantitative estimate of drug-likeness (QED) is 0.321. The molecule has 0 heterocycles. The summed E-state index contributed by atoms with van der Waals surface area (Å²) in [4.78, 5) is 0. The van der Waals surface area contributed by atoms with Gasteiger partial charge in [0.1, 0.15) is 0 Å². The largest absolute Gasteiger partial charge is 0.414 e. The maximum Gasteiger partial charge on any atom is 0.192 e. The molecular weight excluding hydrogens is 416 g/mol. The Morgan fingerprint density at radius 1 is 0.879 bits per heavy atom. The monoisotopic (exact) mass is 462 g/mol. The van der Waals surface area contributed by atoms with Crippen molar-refractivity contribution >= 4 is 13.9 Å². The summed E-state index contributed by atoms with van der Waals surface area (Å²) in [5.74, 6) is 2.50. The second-order valence-electron chi connectivity index (χ2n) is 13.7. The molecule has 0 N–H and O–H groups in total. The summed E-state index contributed by atoms with van der Waals surface area (Å²) in [7, 11) is -1.71. The van der Waals surface area contributed by atoms with Crippen molar-refractivity contribution in [2.75, 3.05) is 0 Å². The molecule has 2 fully saturated rings. The normalized spacial score (nSPS) is 38.6. The molecule has 6 atom stereocenters. The van der Waals surface area contributed by atoms with E-state index < -0.39 is 8.32 Å². The molecule has 2 saturated carbocycles. The van der Waals surface area contributed by atoms with Gasteiger partial charge in [0, 0.05) is 6.10 Å². The molecule has 0 amide bonds. The third-order valence-electron chi connectivity index (χ3n) is 11.0. The van der Waals surface area contributed by atoms with E-state index in [-0.39, 0.29) is 0 Å². The number of allylic oxidation sites excluding steroid dienone is 3. The number of hydrogen-bond donors (Lipinski definition) is 0. The van der Waals surface area contributed by atoms with Gasteiger partial charge < -0.3 is 4.43 Å². The van der Waals surface area contributed by atoms with Crippen molar-refractivity contribution < 1.29 is 4.43 Å². The Labute approximate surface area is 204 Å². The van der Waals surface area contributed by atoms with Gasteiger partial charge in [-0.15, -0.1) is 0 Å². The Bertz CT molecular complexity index is 951. The lowest BCUT2D eigenvalue weighted by Gasteiger charge is -2.58. The SMILES string of the molecule is CC(C)(C)[Si](C)(C)O[C@H]1CC[C@@]2(C)C(=CC[C@@H]3[C@@H]2CC[C@]2(C)C(c4ccccc4)=CC[C@@H]32)C1. The molecule has 1 nitrogen and oxygen atoms in total.